The third kappa shape index (κ3) is 5.62. The summed E-state index contributed by atoms with van der Waals surface area (Å²) < 4.78 is 5.30. The van der Waals surface area contributed by atoms with Crippen molar-refractivity contribution in [3.8, 4) is 0 Å². The summed E-state index contributed by atoms with van der Waals surface area (Å²) in [5.74, 6) is 0.0825. The van der Waals surface area contributed by atoms with Gasteiger partial charge in [0, 0.05) is 36.8 Å². The number of ether oxygens (including phenoxy) is 1. The molecule has 6 nitrogen and oxygen atoms in total. The minimum absolute atomic E-state index is 0.0139. The van der Waals surface area contributed by atoms with E-state index in [0.717, 1.165) is 32.4 Å². The molecule has 0 aromatic heterocycles. The van der Waals surface area contributed by atoms with Crippen molar-refractivity contribution in [3.05, 3.63) is 30.3 Å². The second-order valence-corrected chi connectivity index (χ2v) is 8.63. The number of amides is 2. The third-order valence-corrected chi connectivity index (χ3v) is 5.18. The van der Waals surface area contributed by atoms with Gasteiger partial charge in [0.2, 0.25) is 5.91 Å². The molecule has 148 valence electrons. The Morgan fingerprint density at radius 3 is 2.48 bits per heavy atom. The predicted octanol–water partition coefficient (Wildman–Crippen LogP) is 3.07. The molecule has 1 saturated heterocycles. The SMILES string of the molecule is CC(C)(C)OC(=O)NC1CCC(C(=O)NC2CCN(c3ccccc3)C2)C1. The number of carbonyl (C=O) groups excluding carboxylic acids is 2. The number of hydrogen-bond donors (Lipinski definition) is 2. The number of anilines is 1. The summed E-state index contributed by atoms with van der Waals surface area (Å²) in [5, 5.41) is 6.10. The Morgan fingerprint density at radius 2 is 1.78 bits per heavy atom. The van der Waals surface area contributed by atoms with Crippen molar-refractivity contribution in [2.75, 3.05) is 18.0 Å². The average molecular weight is 373 g/mol. The number of rotatable bonds is 4. The van der Waals surface area contributed by atoms with Crippen LogP contribution < -0.4 is 15.5 Å². The fraction of sp³-hybridized carbons (Fsp3) is 0.619. The van der Waals surface area contributed by atoms with Crippen LogP contribution in [0.1, 0.15) is 46.5 Å². The monoisotopic (exact) mass is 373 g/mol. The van der Waals surface area contributed by atoms with Crippen LogP contribution in [0.3, 0.4) is 0 Å². The summed E-state index contributed by atoms with van der Waals surface area (Å²) in [5.41, 5.74) is 0.698. The van der Waals surface area contributed by atoms with E-state index in [1.54, 1.807) is 0 Å². The van der Waals surface area contributed by atoms with Gasteiger partial charge in [-0.1, -0.05) is 18.2 Å². The zero-order valence-corrected chi connectivity index (χ0v) is 16.5. The van der Waals surface area contributed by atoms with E-state index in [1.165, 1.54) is 5.69 Å². The fourth-order valence-electron chi connectivity index (χ4n) is 3.90. The Balaban J connectivity index is 1.42. The van der Waals surface area contributed by atoms with Crippen LogP contribution in [0, 0.1) is 5.92 Å². The highest BCUT2D eigenvalue weighted by molar-refractivity contribution is 5.79. The summed E-state index contributed by atoms with van der Waals surface area (Å²) in [6.07, 6.45) is 2.87. The summed E-state index contributed by atoms with van der Waals surface area (Å²) in [6.45, 7) is 7.35. The highest BCUT2D eigenvalue weighted by Gasteiger charge is 2.33. The summed E-state index contributed by atoms with van der Waals surface area (Å²) in [4.78, 5) is 26.8. The molecule has 1 aromatic carbocycles. The largest absolute Gasteiger partial charge is 0.444 e. The average Bonchev–Trinajstić information content (AvgIpc) is 3.23. The van der Waals surface area contributed by atoms with Crippen molar-refractivity contribution < 1.29 is 14.3 Å². The number of nitrogens with zero attached hydrogens (tertiary/aromatic N) is 1. The van der Waals surface area contributed by atoms with E-state index >= 15 is 0 Å². The summed E-state index contributed by atoms with van der Waals surface area (Å²) in [7, 11) is 0. The minimum Gasteiger partial charge on any atom is -0.444 e. The minimum atomic E-state index is -0.507. The molecule has 0 bridgehead atoms. The van der Waals surface area contributed by atoms with E-state index in [1.807, 2.05) is 39.0 Å². The molecule has 2 amide bonds. The molecule has 27 heavy (non-hydrogen) atoms. The molecule has 3 rings (SSSR count). The van der Waals surface area contributed by atoms with Crippen molar-refractivity contribution in [2.45, 2.75) is 64.1 Å². The Kier molecular flexibility index (Phi) is 5.92. The summed E-state index contributed by atoms with van der Waals surface area (Å²) in [6, 6.07) is 10.5. The lowest BCUT2D eigenvalue weighted by Gasteiger charge is -2.22. The first-order chi connectivity index (χ1) is 12.8. The van der Waals surface area contributed by atoms with Gasteiger partial charge in [0.1, 0.15) is 5.60 Å². The molecule has 1 aliphatic carbocycles. The third-order valence-electron chi connectivity index (χ3n) is 5.18. The van der Waals surface area contributed by atoms with Gasteiger partial charge in [-0.15, -0.1) is 0 Å². The first-order valence-electron chi connectivity index (χ1n) is 9.90. The standard InChI is InChI=1S/C21H31N3O3/c1-21(2,3)27-20(26)23-16-10-9-15(13-16)19(25)22-17-11-12-24(14-17)18-7-5-4-6-8-18/h4-8,15-17H,9-14H2,1-3H3,(H,22,25)(H,23,26). The summed E-state index contributed by atoms with van der Waals surface area (Å²) >= 11 is 0. The van der Waals surface area contributed by atoms with Crippen LogP contribution in [-0.2, 0) is 9.53 Å². The van der Waals surface area contributed by atoms with Crippen LogP contribution in [0.2, 0.25) is 0 Å². The van der Waals surface area contributed by atoms with Crippen LogP contribution in [-0.4, -0.2) is 42.8 Å². The van der Waals surface area contributed by atoms with Gasteiger partial charge in [-0.25, -0.2) is 4.79 Å². The molecular formula is C21H31N3O3. The molecule has 0 radical (unpaired) electrons. The molecule has 1 saturated carbocycles. The number of hydrogen-bond acceptors (Lipinski definition) is 4. The molecule has 1 aliphatic heterocycles. The maximum atomic E-state index is 12.6. The van der Waals surface area contributed by atoms with Crippen LogP contribution in [0.4, 0.5) is 10.5 Å². The molecule has 3 atom stereocenters. The van der Waals surface area contributed by atoms with Crippen molar-refractivity contribution in [2.24, 2.45) is 5.92 Å². The predicted molar refractivity (Wildman–Crippen MR) is 106 cm³/mol. The van der Waals surface area contributed by atoms with Gasteiger partial charge in [-0.05, 0) is 58.6 Å². The van der Waals surface area contributed by atoms with E-state index in [9.17, 15) is 9.59 Å². The van der Waals surface area contributed by atoms with Crippen LogP contribution >= 0.6 is 0 Å². The molecule has 2 aliphatic rings. The topological polar surface area (TPSA) is 70.7 Å². The number of benzene rings is 1. The van der Waals surface area contributed by atoms with Gasteiger partial charge in [0.25, 0.3) is 0 Å². The van der Waals surface area contributed by atoms with E-state index < -0.39 is 11.7 Å². The molecule has 2 N–H and O–H groups in total. The lowest BCUT2D eigenvalue weighted by molar-refractivity contribution is -0.125. The molecule has 6 heteroatoms. The second-order valence-electron chi connectivity index (χ2n) is 8.63. The van der Waals surface area contributed by atoms with E-state index in [-0.39, 0.29) is 23.9 Å². The fourth-order valence-corrected chi connectivity index (χ4v) is 3.90. The normalized spacial score (nSPS) is 25.3. The maximum Gasteiger partial charge on any atom is 0.407 e. The first-order valence-corrected chi connectivity index (χ1v) is 9.90. The number of nitrogens with one attached hydrogen (secondary N) is 2. The van der Waals surface area contributed by atoms with Gasteiger partial charge in [-0.3, -0.25) is 4.79 Å². The molecule has 1 aromatic rings. The molecular weight excluding hydrogens is 342 g/mol. The van der Waals surface area contributed by atoms with Crippen molar-refractivity contribution >= 4 is 17.7 Å². The highest BCUT2D eigenvalue weighted by Crippen LogP contribution is 2.27. The Bertz CT molecular complexity index is 656. The van der Waals surface area contributed by atoms with E-state index in [0.29, 0.717) is 6.42 Å². The molecule has 3 unspecified atom stereocenters. The first kappa shape index (κ1) is 19.5. The lowest BCUT2D eigenvalue weighted by Crippen LogP contribution is -2.41. The van der Waals surface area contributed by atoms with Gasteiger partial charge >= 0.3 is 6.09 Å². The van der Waals surface area contributed by atoms with Crippen molar-refractivity contribution in [1.29, 1.82) is 0 Å². The zero-order valence-electron chi connectivity index (χ0n) is 16.5. The Morgan fingerprint density at radius 1 is 1.04 bits per heavy atom. The van der Waals surface area contributed by atoms with E-state index in [2.05, 4.69) is 27.7 Å². The van der Waals surface area contributed by atoms with Crippen LogP contribution in [0.25, 0.3) is 0 Å². The van der Waals surface area contributed by atoms with Crippen molar-refractivity contribution in [1.82, 2.24) is 10.6 Å². The van der Waals surface area contributed by atoms with Crippen LogP contribution in [0.15, 0.2) is 30.3 Å². The van der Waals surface area contributed by atoms with Gasteiger partial charge in [-0.2, -0.15) is 0 Å². The smallest absolute Gasteiger partial charge is 0.407 e. The number of alkyl carbamates (subject to hydrolysis) is 1. The maximum absolute atomic E-state index is 12.6. The van der Waals surface area contributed by atoms with Crippen molar-refractivity contribution in [3.63, 3.8) is 0 Å². The van der Waals surface area contributed by atoms with Crippen LogP contribution in [0.5, 0.6) is 0 Å². The van der Waals surface area contributed by atoms with Gasteiger partial charge in [0.05, 0.1) is 0 Å². The Hall–Kier alpha value is -2.24. The zero-order chi connectivity index (χ0) is 19.4. The van der Waals surface area contributed by atoms with Gasteiger partial charge < -0.3 is 20.3 Å². The lowest BCUT2D eigenvalue weighted by atomic mass is 10.1. The number of para-hydroxylation sites is 1. The quantitative estimate of drug-likeness (QED) is 0.851. The van der Waals surface area contributed by atoms with Gasteiger partial charge in [0.15, 0.2) is 0 Å². The molecule has 0 spiro atoms. The number of carbonyl (C=O) groups is 2. The van der Waals surface area contributed by atoms with E-state index in [4.69, 9.17) is 4.74 Å². The molecule has 1 heterocycles. The second kappa shape index (κ2) is 8.19. The molecule has 2 fully saturated rings. The Labute approximate surface area is 161 Å². The highest BCUT2D eigenvalue weighted by atomic mass is 16.6.